The Balaban J connectivity index is 1.23. The average Bonchev–Trinajstić information content (AvgIpc) is 3.11. The summed E-state index contributed by atoms with van der Waals surface area (Å²) in [6, 6.07) is 61.4. The van der Waals surface area contributed by atoms with Gasteiger partial charge >= 0.3 is 0 Å². The highest BCUT2D eigenvalue weighted by Crippen LogP contribution is 2.48. The van der Waals surface area contributed by atoms with Crippen LogP contribution in [-0.2, 0) is 5.54 Å². The quantitative estimate of drug-likeness (QED) is 0.180. The normalized spacial score (nSPS) is 14.1. The second-order valence-electron chi connectivity index (χ2n) is 11.7. The van der Waals surface area contributed by atoms with Crippen molar-refractivity contribution in [3.05, 3.63) is 175 Å². The van der Waals surface area contributed by atoms with Gasteiger partial charge in [0, 0.05) is 28.4 Å². The number of hydrogen-bond acceptors (Lipinski definition) is 2. The Morgan fingerprint density at radius 3 is 1.18 bits per heavy atom. The highest BCUT2D eigenvalue weighted by atomic mass is 15.2. The summed E-state index contributed by atoms with van der Waals surface area (Å²) in [5.41, 5.74) is 9.68. The minimum absolute atomic E-state index is 0.0671. The maximum absolute atomic E-state index is 2.62. The van der Waals surface area contributed by atoms with Crippen LogP contribution in [0, 0.1) is 0 Å². The molecule has 1 fully saturated rings. The van der Waals surface area contributed by atoms with E-state index in [1.807, 2.05) is 0 Å². The van der Waals surface area contributed by atoms with Crippen molar-refractivity contribution in [3.63, 3.8) is 0 Å². The highest BCUT2D eigenvalue weighted by molar-refractivity contribution is 5.79. The molecule has 1 saturated carbocycles. The average molecular weight is 571 g/mol. The summed E-state index contributed by atoms with van der Waals surface area (Å²) < 4.78 is 0. The second kappa shape index (κ2) is 12.7. The minimum atomic E-state index is -0.0671. The van der Waals surface area contributed by atoms with Crippen LogP contribution < -0.4 is 9.80 Å². The fourth-order valence-corrected chi connectivity index (χ4v) is 6.95. The van der Waals surface area contributed by atoms with Crippen LogP contribution in [0.15, 0.2) is 170 Å². The molecule has 0 amide bonds. The third kappa shape index (κ3) is 5.52. The molecule has 2 nitrogen and oxygen atoms in total. The fraction of sp³-hybridized carbons (Fsp3) is 0.143. The van der Waals surface area contributed by atoms with Gasteiger partial charge in [0.25, 0.3) is 0 Å². The largest absolute Gasteiger partial charge is 0.331 e. The topological polar surface area (TPSA) is 6.48 Å². The number of para-hydroxylation sites is 3. The van der Waals surface area contributed by atoms with Gasteiger partial charge in [-0.25, -0.2) is 0 Å². The van der Waals surface area contributed by atoms with E-state index < -0.39 is 0 Å². The van der Waals surface area contributed by atoms with Crippen LogP contribution >= 0.6 is 0 Å². The predicted octanol–water partition coefficient (Wildman–Crippen LogP) is 11.8. The lowest BCUT2D eigenvalue weighted by Crippen LogP contribution is -2.45. The molecule has 44 heavy (non-hydrogen) atoms. The Hall–Kier alpha value is -5.08. The molecule has 0 radical (unpaired) electrons. The smallest absolute Gasteiger partial charge is 0.0702 e. The Morgan fingerprint density at radius 1 is 0.341 bits per heavy atom. The number of anilines is 5. The Kier molecular flexibility index (Phi) is 7.97. The lowest BCUT2D eigenvalue weighted by Gasteiger charge is -2.48. The van der Waals surface area contributed by atoms with Gasteiger partial charge in [0.05, 0.1) is 5.54 Å². The van der Waals surface area contributed by atoms with Gasteiger partial charge in [0.15, 0.2) is 0 Å². The molecule has 216 valence electrons. The SMILES string of the molecule is c1ccc(N(c2ccccc2)c2ccc(-c3ccc(N(c4ccccc4)C4(c5ccccc5)CCCCC4)cc3)cc2)cc1. The van der Waals surface area contributed by atoms with E-state index in [4.69, 9.17) is 0 Å². The van der Waals surface area contributed by atoms with E-state index in [0.717, 1.165) is 29.9 Å². The molecule has 0 saturated heterocycles. The van der Waals surface area contributed by atoms with Crippen LogP contribution in [-0.4, -0.2) is 0 Å². The van der Waals surface area contributed by atoms with Crippen molar-refractivity contribution in [2.45, 2.75) is 37.6 Å². The fourth-order valence-electron chi connectivity index (χ4n) is 6.95. The summed E-state index contributed by atoms with van der Waals surface area (Å²) >= 11 is 0. The molecular formula is C42H38N2. The van der Waals surface area contributed by atoms with Crippen LogP contribution in [0.5, 0.6) is 0 Å². The zero-order valence-corrected chi connectivity index (χ0v) is 25.1. The molecule has 0 aromatic heterocycles. The zero-order chi connectivity index (χ0) is 29.6. The second-order valence-corrected chi connectivity index (χ2v) is 11.7. The van der Waals surface area contributed by atoms with Crippen LogP contribution in [0.25, 0.3) is 11.1 Å². The van der Waals surface area contributed by atoms with E-state index in [1.165, 1.54) is 47.3 Å². The van der Waals surface area contributed by atoms with Crippen molar-refractivity contribution in [1.82, 2.24) is 0 Å². The molecule has 0 N–H and O–H groups in total. The molecule has 6 aromatic rings. The van der Waals surface area contributed by atoms with E-state index in [9.17, 15) is 0 Å². The van der Waals surface area contributed by atoms with Gasteiger partial charge in [0.2, 0.25) is 0 Å². The van der Waals surface area contributed by atoms with Gasteiger partial charge < -0.3 is 9.80 Å². The standard InChI is InChI=1S/C42H38N2/c1-6-16-36(17-7-1)42(32-14-5-15-33-42)44(40-22-12-4-13-23-40)41-30-26-35(27-31-41)34-24-28-39(29-25-34)43(37-18-8-2-9-19-37)38-20-10-3-11-21-38/h1-4,6-13,16-31H,5,14-15,32-33H2. The Morgan fingerprint density at radius 2 is 0.705 bits per heavy atom. The van der Waals surface area contributed by atoms with E-state index in [2.05, 4.69) is 180 Å². The molecule has 0 bridgehead atoms. The molecule has 6 aromatic carbocycles. The third-order valence-corrected chi connectivity index (χ3v) is 9.05. The Labute approximate surface area is 261 Å². The van der Waals surface area contributed by atoms with Crippen molar-refractivity contribution < 1.29 is 0 Å². The lowest BCUT2D eigenvalue weighted by molar-refractivity contribution is 0.298. The molecule has 2 heteroatoms. The first-order valence-corrected chi connectivity index (χ1v) is 15.8. The molecule has 0 spiro atoms. The van der Waals surface area contributed by atoms with Crippen molar-refractivity contribution in [2.75, 3.05) is 9.80 Å². The Bertz CT molecular complexity index is 1700. The van der Waals surface area contributed by atoms with Crippen LogP contribution in [0.2, 0.25) is 0 Å². The van der Waals surface area contributed by atoms with Gasteiger partial charge in [0.1, 0.15) is 0 Å². The first kappa shape index (κ1) is 27.7. The summed E-state index contributed by atoms with van der Waals surface area (Å²) in [5.74, 6) is 0. The number of nitrogens with zero attached hydrogens (tertiary/aromatic N) is 2. The molecule has 1 aliphatic rings. The molecule has 0 atom stereocenters. The molecule has 7 rings (SSSR count). The van der Waals surface area contributed by atoms with Crippen molar-refractivity contribution in [1.29, 1.82) is 0 Å². The van der Waals surface area contributed by atoms with Crippen LogP contribution in [0.4, 0.5) is 28.4 Å². The van der Waals surface area contributed by atoms with E-state index >= 15 is 0 Å². The third-order valence-electron chi connectivity index (χ3n) is 9.05. The molecule has 0 heterocycles. The van der Waals surface area contributed by atoms with E-state index in [1.54, 1.807) is 0 Å². The van der Waals surface area contributed by atoms with Crippen LogP contribution in [0.3, 0.4) is 0 Å². The summed E-state index contributed by atoms with van der Waals surface area (Å²) in [6.45, 7) is 0. The first-order valence-electron chi connectivity index (χ1n) is 15.8. The molecule has 1 aliphatic carbocycles. The van der Waals surface area contributed by atoms with Crippen molar-refractivity contribution in [3.8, 4) is 11.1 Å². The van der Waals surface area contributed by atoms with E-state index in [-0.39, 0.29) is 5.54 Å². The summed E-state index contributed by atoms with van der Waals surface area (Å²) in [5, 5.41) is 0. The number of rotatable bonds is 8. The summed E-state index contributed by atoms with van der Waals surface area (Å²) in [4.78, 5) is 4.92. The number of benzene rings is 6. The maximum Gasteiger partial charge on any atom is 0.0702 e. The molecule has 0 aliphatic heterocycles. The summed E-state index contributed by atoms with van der Waals surface area (Å²) in [7, 11) is 0. The van der Waals surface area contributed by atoms with Gasteiger partial charge in [-0.15, -0.1) is 0 Å². The van der Waals surface area contributed by atoms with Crippen LogP contribution in [0.1, 0.15) is 37.7 Å². The lowest BCUT2D eigenvalue weighted by atomic mass is 9.74. The maximum atomic E-state index is 2.62. The van der Waals surface area contributed by atoms with Gasteiger partial charge in [-0.1, -0.05) is 128 Å². The monoisotopic (exact) mass is 570 g/mol. The summed E-state index contributed by atoms with van der Waals surface area (Å²) in [6.07, 6.45) is 6.08. The highest BCUT2D eigenvalue weighted by Gasteiger charge is 2.40. The van der Waals surface area contributed by atoms with Gasteiger partial charge in [-0.3, -0.25) is 0 Å². The zero-order valence-electron chi connectivity index (χ0n) is 25.1. The van der Waals surface area contributed by atoms with Gasteiger partial charge in [-0.05, 0) is 90.2 Å². The predicted molar refractivity (Wildman–Crippen MR) is 186 cm³/mol. The molecular weight excluding hydrogens is 532 g/mol. The van der Waals surface area contributed by atoms with E-state index in [0.29, 0.717) is 0 Å². The van der Waals surface area contributed by atoms with Crippen molar-refractivity contribution >= 4 is 28.4 Å². The minimum Gasteiger partial charge on any atom is -0.331 e. The van der Waals surface area contributed by atoms with Gasteiger partial charge in [-0.2, -0.15) is 0 Å². The number of hydrogen-bond donors (Lipinski definition) is 0. The molecule has 0 unspecified atom stereocenters. The van der Waals surface area contributed by atoms with Crippen molar-refractivity contribution in [2.24, 2.45) is 0 Å². The first-order chi connectivity index (χ1) is 21.8.